The van der Waals surface area contributed by atoms with Crippen molar-refractivity contribution in [3.63, 3.8) is 0 Å². The van der Waals surface area contributed by atoms with Crippen molar-refractivity contribution in [2.24, 2.45) is 0 Å². The highest BCUT2D eigenvalue weighted by atomic mass is 19.3. The van der Waals surface area contributed by atoms with Gasteiger partial charge < -0.3 is 4.74 Å². The van der Waals surface area contributed by atoms with Crippen LogP contribution < -0.4 is 4.74 Å². The van der Waals surface area contributed by atoms with Crippen LogP contribution in [-0.4, -0.2) is 0 Å². The van der Waals surface area contributed by atoms with Gasteiger partial charge in [0.05, 0.1) is 5.56 Å². The largest absolute Gasteiger partial charge is 0.426 e. The molecule has 0 aliphatic rings. The van der Waals surface area contributed by atoms with Gasteiger partial charge in [-0.15, -0.1) is 6.58 Å². The predicted molar refractivity (Wildman–Crippen MR) is 103 cm³/mol. The SMILES string of the molecule is C=CCCc1ccc2cc(OC(F)(F)c3ccc(CC)cc3)c(F)cc2c1. The van der Waals surface area contributed by atoms with Gasteiger partial charge in [-0.1, -0.05) is 43.3 Å². The Bertz CT molecular complexity index is 946. The Morgan fingerprint density at radius 2 is 1.67 bits per heavy atom. The van der Waals surface area contributed by atoms with Gasteiger partial charge in [-0.2, -0.15) is 8.78 Å². The second-order valence-corrected chi connectivity index (χ2v) is 6.46. The van der Waals surface area contributed by atoms with Crippen LogP contribution in [-0.2, 0) is 19.0 Å². The van der Waals surface area contributed by atoms with Crippen molar-refractivity contribution in [2.75, 3.05) is 0 Å². The summed E-state index contributed by atoms with van der Waals surface area (Å²) < 4.78 is 48.1. The van der Waals surface area contributed by atoms with Crippen LogP contribution in [0, 0.1) is 5.82 Å². The van der Waals surface area contributed by atoms with E-state index in [1.165, 1.54) is 24.3 Å². The number of hydrogen-bond acceptors (Lipinski definition) is 1. The molecule has 0 bridgehead atoms. The molecule has 0 heterocycles. The quantitative estimate of drug-likeness (QED) is 0.416. The van der Waals surface area contributed by atoms with Crippen LogP contribution in [0.15, 0.2) is 67.3 Å². The summed E-state index contributed by atoms with van der Waals surface area (Å²) in [5.74, 6) is -1.28. The van der Waals surface area contributed by atoms with Crippen molar-refractivity contribution in [1.29, 1.82) is 0 Å². The third kappa shape index (κ3) is 4.33. The zero-order valence-corrected chi connectivity index (χ0v) is 15.1. The Balaban J connectivity index is 1.88. The number of fused-ring (bicyclic) bond motifs is 1. The fourth-order valence-electron chi connectivity index (χ4n) is 2.93. The Hall–Kier alpha value is -2.75. The maximum Gasteiger partial charge on any atom is 0.426 e. The van der Waals surface area contributed by atoms with Gasteiger partial charge in [-0.25, -0.2) is 4.39 Å². The van der Waals surface area contributed by atoms with Gasteiger partial charge in [0.1, 0.15) is 0 Å². The molecule has 0 amide bonds. The molecule has 140 valence electrons. The molecule has 0 aromatic heterocycles. The molecule has 0 atom stereocenters. The van der Waals surface area contributed by atoms with Crippen LogP contribution in [0.2, 0.25) is 0 Å². The van der Waals surface area contributed by atoms with Gasteiger partial charge in [0.2, 0.25) is 0 Å². The van der Waals surface area contributed by atoms with Crippen LogP contribution in [0.5, 0.6) is 5.75 Å². The van der Waals surface area contributed by atoms with Crippen molar-refractivity contribution < 1.29 is 17.9 Å². The van der Waals surface area contributed by atoms with Crippen molar-refractivity contribution in [1.82, 2.24) is 0 Å². The number of alkyl halides is 2. The van der Waals surface area contributed by atoms with E-state index in [0.717, 1.165) is 30.4 Å². The topological polar surface area (TPSA) is 9.23 Å². The molecule has 4 heteroatoms. The summed E-state index contributed by atoms with van der Waals surface area (Å²) in [6.07, 6.45) is 0.561. The molecule has 3 aromatic carbocycles. The number of ether oxygens (including phenoxy) is 1. The summed E-state index contributed by atoms with van der Waals surface area (Å²) >= 11 is 0. The van der Waals surface area contributed by atoms with E-state index in [-0.39, 0.29) is 5.56 Å². The van der Waals surface area contributed by atoms with Gasteiger partial charge >= 0.3 is 6.11 Å². The normalized spacial score (nSPS) is 11.6. The molecular formula is C23H21F3O. The van der Waals surface area contributed by atoms with Crippen molar-refractivity contribution >= 4 is 10.8 Å². The number of benzene rings is 3. The van der Waals surface area contributed by atoms with E-state index in [9.17, 15) is 13.2 Å². The van der Waals surface area contributed by atoms with Gasteiger partial charge in [-0.3, -0.25) is 0 Å². The lowest BCUT2D eigenvalue weighted by atomic mass is 10.0. The van der Waals surface area contributed by atoms with Crippen LogP contribution in [0.3, 0.4) is 0 Å². The first-order valence-corrected chi connectivity index (χ1v) is 8.92. The molecular weight excluding hydrogens is 349 g/mol. The monoisotopic (exact) mass is 370 g/mol. The molecule has 0 aliphatic carbocycles. The Kier molecular flexibility index (Phi) is 5.54. The predicted octanol–water partition coefficient (Wildman–Crippen LogP) is 6.79. The van der Waals surface area contributed by atoms with E-state index in [2.05, 4.69) is 6.58 Å². The summed E-state index contributed by atoms with van der Waals surface area (Å²) in [7, 11) is 0. The molecule has 0 unspecified atom stereocenters. The Morgan fingerprint density at radius 3 is 2.33 bits per heavy atom. The maximum absolute atomic E-state index is 14.5. The van der Waals surface area contributed by atoms with Crippen LogP contribution in [0.4, 0.5) is 13.2 Å². The molecule has 0 N–H and O–H groups in total. The highest BCUT2D eigenvalue weighted by Gasteiger charge is 2.35. The summed E-state index contributed by atoms with van der Waals surface area (Å²) in [5.41, 5.74) is 1.68. The van der Waals surface area contributed by atoms with Gasteiger partial charge in [0.15, 0.2) is 11.6 Å². The molecule has 3 rings (SSSR count). The molecule has 0 spiro atoms. The van der Waals surface area contributed by atoms with E-state index < -0.39 is 17.7 Å². The fraction of sp³-hybridized carbons (Fsp3) is 0.217. The fourth-order valence-corrected chi connectivity index (χ4v) is 2.93. The van der Waals surface area contributed by atoms with Crippen molar-refractivity contribution in [2.45, 2.75) is 32.3 Å². The minimum atomic E-state index is -3.62. The van der Waals surface area contributed by atoms with Crippen LogP contribution in [0.25, 0.3) is 10.8 Å². The number of rotatable bonds is 7. The molecule has 0 saturated carbocycles. The van der Waals surface area contributed by atoms with E-state index in [1.54, 1.807) is 18.2 Å². The second-order valence-electron chi connectivity index (χ2n) is 6.46. The summed E-state index contributed by atoms with van der Waals surface area (Å²) in [5, 5.41) is 1.29. The number of halogens is 3. The smallest absolute Gasteiger partial charge is 0.426 e. The van der Waals surface area contributed by atoms with Crippen molar-refractivity contribution in [3.05, 3.63) is 89.8 Å². The lowest BCUT2D eigenvalue weighted by Crippen LogP contribution is -2.22. The Morgan fingerprint density at radius 1 is 0.963 bits per heavy atom. The highest BCUT2D eigenvalue weighted by Crippen LogP contribution is 2.35. The third-order valence-electron chi connectivity index (χ3n) is 4.53. The highest BCUT2D eigenvalue weighted by molar-refractivity contribution is 5.84. The summed E-state index contributed by atoms with van der Waals surface area (Å²) in [6.45, 7) is 5.63. The molecule has 0 radical (unpaired) electrons. The molecule has 1 nitrogen and oxygen atoms in total. The van der Waals surface area contributed by atoms with E-state index >= 15 is 0 Å². The first-order chi connectivity index (χ1) is 12.9. The standard InChI is InChI=1S/C23H21F3O/c1-3-5-6-17-7-10-18-15-22(21(24)14-19(18)13-17)27-23(25,26)20-11-8-16(4-2)9-12-20/h3,7-15H,1,4-6H2,2H3. The van der Waals surface area contributed by atoms with Gasteiger partial charge in [0, 0.05) is 0 Å². The van der Waals surface area contributed by atoms with Crippen LogP contribution >= 0.6 is 0 Å². The van der Waals surface area contributed by atoms with E-state index in [1.807, 2.05) is 25.1 Å². The van der Waals surface area contributed by atoms with Gasteiger partial charge in [-0.05, 0) is 65.4 Å². The molecule has 0 fully saturated rings. The zero-order chi connectivity index (χ0) is 19.4. The Labute approximate surface area is 157 Å². The lowest BCUT2D eigenvalue weighted by molar-refractivity contribution is -0.186. The molecule has 0 saturated heterocycles. The zero-order valence-electron chi connectivity index (χ0n) is 15.1. The number of aryl methyl sites for hydroxylation is 2. The minimum Gasteiger partial charge on any atom is -0.426 e. The summed E-state index contributed by atoms with van der Waals surface area (Å²) in [6, 6.07) is 13.9. The number of allylic oxidation sites excluding steroid dienone is 1. The maximum atomic E-state index is 14.5. The second kappa shape index (κ2) is 7.87. The van der Waals surface area contributed by atoms with Crippen LogP contribution in [0.1, 0.15) is 30.0 Å². The molecule has 27 heavy (non-hydrogen) atoms. The van der Waals surface area contributed by atoms with E-state index in [0.29, 0.717) is 10.8 Å². The van der Waals surface area contributed by atoms with Crippen molar-refractivity contribution in [3.8, 4) is 5.75 Å². The van der Waals surface area contributed by atoms with E-state index in [4.69, 9.17) is 4.74 Å². The first-order valence-electron chi connectivity index (χ1n) is 8.92. The minimum absolute atomic E-state index is 0.307. The average molecular weight is 370 g/mol. The molecule has 3 aromatic rings. The molecule has 0 aliphatic heterocycles. The number of hydrogen-bond donors (Lipinski definition) is 0. The average Bonchev–Trinajstić information content (AvgIpc) is 2.66. The first kappa shape index (κ1) is 19.0. The summed E-state index contributed by atoms with van der Waals surface area (Å²) in [4.78, 5) is 0. The lowest BCUT2D eigenvalue weighted by Gasteiger charge is -2.19. The van der Waals surface area contributed by atoms with Gasteiger partial charge in [0.25, 0.3) is 0 Å². The third-order valence-corrected chi connectivity index (χ3v) is 4.53.